The van der Waals surface area contributed by atoms with Crippen LogP contribution in [0.3, 0.4) is 0 Å². The summed E-state index contributed by atoms with van der Waals surface area (Å²) in [7, 11) is -0.286. The minimum atomic E-state index is -0.286. The zero-order valence-electron chi connectivity index (χ0n) is 9.38. The first-order valence-corrected chi connectivity index (χ1v) is 9.29. The number of hydrogen-bond acceptors (Lipinski definition) is 0. The molecule has 0 spiro atoms. The van der Waals surface area contributed by atoms with Crippen LogP contribution in [-0.4, -0.2) is 8.80 Å². The molecule has 0 amide bonds. The standard InChI is InChI=1S/C13H19BrSi/c1-2-15-9-7-12(8-10-15)11-3-5-13(14)6-4-11/h3-6,12,15H,2,7-10H2,1H3/t12-,15-. The van der Waals surface area contributed by atoms with Crippen molar-refractivity contribution < 1.29 is 0 Å². The van der Waals surface area contributed by atoms with Crippen molar-refractivity contribution in [1.29, 1.82) is 0 Å². The van der Waals surface area contributed by atoms with E-state index in [1.807, 2.05) is 0 Å². The average Bonchev–Trinajstić information content (AvgIpc) is 2.30. The van der Waals surface area contributed by atoms with Gasteiger partial charge in [0.25, 0.3) is 0 Å². The van der Waals surface area contributed by atoms with Crippen LogP contribution >= 0.6 is 15.9 Å². The minimum Gasteiger partial charge on any atom is -0.0680 e. The van der Waals surface area contributed by atoms with Crippen molar-refractivity contribution in [1.82, 2.24) is 0 Å². The molecule has 1 aromatic rings. The second-order valence-corrected chi connectivity index (χ2v) is 9.30. The zero-order valence-corrected chi connectivity index (χ0v) is 12.1. The minimum absolute atomic E-state index is 0.286. The normalized spacial score (nSPS) is 26.5. The van der Waals surface area contributed by atoms with Crippen molar-refractivity contribution in [2.24, 2.45) is 0 Å². The highest BCUT2D eigenvalue weighted by molar-refractivity contribution is 9.10. The van der Waals surface area contributed by atoms with Crippen LogP contribution < -0.4 is 0 Å². The fraction of sp³-hybridized carbons (Fsp3) is 0.538. The fourth-order valence-corrected chi connectivity index (χ4v) is 5.76. The molecule has 0 aliphatic carbocycles. The lowest BCUT2D eigenvalue weighted by atomic mass is 9.94. The summed E-state index contributed by atoms with van der Waals surface area (Å²) in [5.41, 5.74) is 1.56. The summed E-state index contributed by atoms with van der Waals surface area (Å²) in [5.74, 6) is 0.855. The quantitative estimate of drug-likeness (QED) is 0.697. The van der Waals surface area contributed by atoms with Crippen LogP contribution in [0.2, 0.25) is 18.1 Å². The van der Waals surface area contributed by atoms with Crippen molar-refractivity contribution in [3.8, 4) is 0 Å². The summed E-state index contributed by atoms with van der Waals surface area (Å²) in [6.45, 7) is 2.39. The maximum Gasteiger partial charge on any atom is 0.0365 e. The second kappa shape index (κ2) is 5.31. The topological polar surface area (TPSA) is 0 Å². The van der Waals surface area contributed by atoms with Gasteiger partial charge < -0.3 is 0 Å². The van der Waals surface area contributed by atoms with E-state index in [2.05, 4.69) is 47.1 Å². The Balaban J connectivity index is 1.98. The summed E-state index contributed by atoms with van der Waals surface area (Å²) in [6.07, 6.45) is 2.90. The number of benzene rings is 1. The van der Waals surface area contributed by atoms with Crippen LogP contribution in [0.4, 0.5) is 0 Å². The van der Waals surface area contributed by atoms with Gasteiger partial charge in [-0.25, -0.2) is 0 Å². The van der Waals surface area contributed by atoms with Gasteiger partial charge in [-0.2, -0.15) is 0 Å². The smallest absolute Gasteiger partial charge is 0.0365 e. The Labute approximate surface area is 103 Å². The lowest BCUT2D eigenvalue weighted by molar-refractivity contribution is 0.607. The Kier molecular flexibility index (Phi) is 4.03. The highest BCUT2D eigenvalue weighted by Gasteiger charge is 2.21. The molecule has 1 aromatic carbocycles. The van der Waals surface area contributed by atoms with Gasteiger partial charge in [0.2, 0.25) is 0 Å². The van der Waals surface area contributed by atoms with E-state index in [1.165, 1.54) is 23.4 Å². The van der Waals surface area contributed by atoms with E-state index in [1.54, 1.807) is 17.7 Å². The van der Waals surface area contributed by atoms with Gasteiger partial charge in [-0.05, 0) is 36.5 Å². The average molecular weight is 283 g/mol. The highest BCUT2D eigenvalue weighted by atomic mass is 79.9. The Morgan fingerprint density at radius 3 is 2.33 bits per heavy atom. The Morgan fingerprint density at radius 1 is 1.20 bits per heavy atom. The van der Waals surface area contributed by atoms with Crippen molar-refractivity contribution in [3.05, 3.63) is 34.3 Å². The molecule has 2 heteroatoms. The number of hydrogen-bond donors (Lipinski definition) is 0. The van der Waals surface area contributed by atoms with Gasteiger partial charge in [-0.1, -0.05) is 53.1 Å². The maximum absolute atomic E-state index is 3.50. The molecule has 1 aliphatic heterocycles. The fourth-order valence-electron chi connectivity index (χ4n) is 2.64. The molecule has 0 N–H and O–H groups in total. The molecule has 1 saturated heterocycles. The molecule has 0 bridgehead atoms. The molecular formula is C13H19BrSi. The molecule has 0 nitrogen and oxygen atoms in total. The third kappa shape index (κ3) is 2.94. The van der Waals surface area contributed by atoms with E-state index in [9.17, 15) is 0 Å². The summed E-state index contributed by atoms with van der Waals surface area (Å²) >= 11 is 3.50. The first-order valence-electron chi connectivity index (χ1n) is 6.05. The molecule has 2 rings (SSSR count). The first-order chi connectivity index (χ1) is 7.29. The van der Waals surface area contributed by atoms with E-state index in [4.69, 9.17) is 0 Å². The molecule has 82 valence electrons. The SMILES string of the molecule is CC[Si@H]1CC[C@H](c2ccc(Br)cc2)CC1. The molecule has 0 atom stereocenters. The van der Waals surface area contributed by atoms with Gasteiger partial charge in [0, 0.05) is 13.3 Å². The first kappa shape index (κ1) is 11.4. The largest absolute Gasteiger partial charge is 0.0680 e. The van der Waals surface area contributed by atoms with Gasteiger partial charge in [-0.3, -0.25) is 0 Å². The highest BCUT2D eigenvalue weighted by Crippen LogP contribution is 2.34. The molecule has 0 saturated carbocycles. The summed E-state index contributed by atoms with van der Waals surface area (Å²) in [4.78, 5) is 0. The van der Waals surface area contributed by atoms with E-state index in [0.717, 1.165) is 5.92 Å². The van der Waals surface area contributed by atoms with Crippen LogP contribution in [0.25, 0.3) is 0 Å². The van der Waals surface area contributed by atoms with Gasteiger partial charge in [0.15, 0.2) is 0 Å². The summed E-state index contributed by atoms with van der Waals surface area (Å²) < 4.78 is 1.20. The number of halogens is 1. The lowest BCUT2D eigenvalue weighted by Crippen LogP contribution is -2.19. The zero-order chi connectivity index (χ0) is 10.7. The van der Waals surface area contributed by atoms with Crippen molar-refractivity contribution >= 4 is 24.7 Å². The summed E-state index contributed by atoms with van der Waals surface area (Å²) in [5, 5.41) is 0. The molecule has 1 aliphatic rings. The molecule has 15 heavy (non-hydrogen) atoms. The molecule has 1 fully saturated rings. The van der Waals surface area contributed by atoms with E-state index in [-0.39, 0.29) is 8.80 Å². The van der Waals surface area contributed by atoms with Gasteiger partial charge >= 0.3 is 0 Å². The van der Waals surface area contributed by atoms with Crippen molar-refractivity contribution in [2.45, 2.75) is 43.8 Å². The van der Waals surface area contributed by atoms with Crippen LogP contribution in [0.15, 0.2) is 28.7 Å². The lowest BCUT2D eigenvalue weighted by Gasteiger charge is -2.27. The van der Waals surface area contributed by atoms with Gasteiger partial charge in [0.1, 0.15) is 0 Å². The predicted octanol–water partition coefficient (Wildman–Crippen LogP) is 4.57. The van der Waals surface area contributed by atoms with Gasteiger partial charge in [-0.15, -0.1) is 0 Å². The Bertz CT molecular complexity index is 299. The second-order valence-electron chi connectivity index (χ2n) is 4.68. The summed E-state index contributed by atoms with van der Waals surface area (Å²) in [6, 6.07) is 13.6. The molecule has 0 unspecified atom stereocenters. The third-order valence-corrected chi connectivity index (χ3v) is 7.75. The molecule has 1 heterocycles. The van der Waals surface area contributed by atoms with Crippen molar-refractivity contribution in [3.63, 3.8) is 0 Å². The molecule has 0 aromatic heterocycles. The van der Waals surface area contributed by atoms with Crippen molar-refractivity contribution in [2.75, 3.05) is 0 Å². The number of rotatable bonds is 2. The van der Waals surface area contributed by atoms with E-state index in [0.29, 0.717) is 0 Å². The molecular weight excluding hydrogens is 264 g/mol. The molecule has 0 radical (unpaired) electrons. The third-order valence-electron chi connectivity index (χ3n) is 3.77. The predicted molar refractivity (Wildman–Crippen MR) is 73.4 cm³/mol. The van der Waals surface area contributed by atoms with Gasteiger partial charge in [0.05, 0.1) is 0 Å². The van der Waals surface area contributed by atoms with E-state index >= 15 is 0 Å². The van der Waals surface area contributed by atoms with Crippen LogP contribution in [0.5, 0.6) is 0 Å². The Hall–Kier alpha value is -0.0831. The maximum atomic E-state index is 3.50. The Morgan fingerprint density at radius 2 is 1.80 bits per heavy atom. The van der Waals surface area contributed by atoms with Crippen LogP contribution in [0, 0.1) is 0 Å². The van der Waals surface area contributed by atoms with Crippen LogP contribution in [0.1, 0.15) is 31.2 Å². The van der Waals surface area contributed by atoms with Crippen LogP contribution in [-0.2, 0) is 0 Å². The monoisotopic (exact) mass is 282 g/mol. The van der Waals surface area contributed by atoms with E-state index < -0.39 is 0 Å².